The SMILES string of the molecule is CCCOCCC(=O)N[C@H](Cc1cnc[nH]1)C(=O)O. The minimum atomic E-state index is -1.07. The van der Waals surface area contributed by atoms with Gasteiger partial charge in [0.1, 0.15) is 6.04 Å². The number of carbonyl (C=O) groups excluding carboxylic acids is 1. The molecule has 7 nitrogen and oxygen atoms in total. The van der Waals surface area contributed by atoms with Gasteiger partial charge >= 0.3 is 5.97 Å². The van der Waals surface area contributed by atoms with E-state index in [4.69, 9.17) is 9.84 Å². The van der Waals surface area contributed by atoms with E-state index in [1.165, 1.54) is 12.5 Å². The number of aromatic amines is 1. The van der Waals surface area contributed by atoms with E-state index in [9.17, 15) is 9.59 Å². The average molecular weight is 269 g/mol. The third-order valence-electron chi connectivity index (χ3n) is 2.43. The molecule has 19 heavy (non-hydrogen) atoms. The molecule has 0 fully saturated rings. The number of carbonyl (C=O) groups is 2. The van der Waals surface area contributed by atoms with Gasteiger partial charge in [0.25, 0.3) is 0 Å². The zero-order valence-corrected chi connectivity index (χ0v) is 10.9. The highest BCUT2D eigenvalue weighted by molar-refractivity contribution is 5.83. The Morgan fingerprint density at radius 2 is 2.32 bits per heavy atom. The number of rotatable bonds is 9. The standard InChI is InChI=1S/C12H19N3O4/c1-2-4-19-5-3-11(16)15-10(12(17)18)6-9-7-13-8-14-9/h7-8,10H,2-6H2,1H3,(H,13,14)(H,15,16)(H,17,18)/t10-/m1/s1. The maximum Gasteiger partial charge on any atom is 0.326 e. The van der Waals surface area contributed by atoms with Gasteiger partial charge in [0, 0.05) is 31.3 Å². The molecule has 1 amide bonds. The number of hydrogen-bond acceptors (Lipinski definition) is 4. The molecule has 0 aliphatic heterocycles. The summed E-state index contributed by atoms with van der Waals surface area (Å²) in [6.45, 7) is 2.88. The molecular weight excluding hydrogens is 250 g/mol. The first-order valence-electron chi connectivity index (χ1n) is 6.20. The molecule has 106 valence electrons. The number of carboxylic acids is 1. The minimum Gasteiger partial charge on any atom is -0.480 e. The van der Waals surface area contributed by atoms with Crippen molar-refractivity contribution < 1.29 is 19.4 Å². The van der Waals surface area contributed by atoms with Crippen molar-refractivity contribution in [2.75, 3.05) is 13.2 Å². The number of nitrogens with one attached hydrogen (secondary N) is 2. The van der Waals surface area contributed by atoms with E-state index >= 15 is 0 Å². The lowest BCUT2D eigenvalue weighted by Gasteiger charge is -2.13. The Balaban J connectivity index is 2.36. The van der Waals surface area contributed by atoms with Gasteiger partial charge < -0.3 is 20.1 Å². The molecule has 0 radical (unpaired) electrons. The van der Waals surface area contributed by atoms with E-state index < -0.39 is 12.0 Å². The highest BCUT2D eigenvalue weighted by atomic mass is 16.5. The zero-order valence-electron chi connectivity index (χ0n) is 10.9. The van der Waals surface area contributed by atoms with Crippen LogP contribution in [0.3, 0.4) is 0 Å². The summed E-state index contributed by atoms with van der Waals surface area (Å²) in [6.07, 6.45) is 4.23. The lowest BCUT2D eigenvalue weighted by molar-refractivity contribution is -0.142. The molecule has 7 heteroatoms. The van der Waals surface area contributed by atoms with E-state index in [0.29, 0.717) is 18.9 Å². The van der Waals surface area contributed by atoms with Crippen molar-refractivity contribution in [1.29, 1.82) is 0 Å². The number of aromatic nitrogens is 2. The number of amides is 1. The lowest BCUT2D eigenvalue weighted by Crippen LogP contribution is -2.42. The van der Waals surface area contributed by atoms with Crippen LogP contribution in [-0.4, -0.2) is 46.2 Å². The van der Waals surface area contributed by atoms with Gasteiger partial charge in [-0.15, -0.1) is 0 Å². The van der Waals surface area contributed by atoms with Crippen molar-refractivity contribution in [3.63, 3.8) is 0 Å². The van der Waals surface area contributed by atoms with Gasteiger partial charge in [-0.2, -0.15) is 0 Å². The van der Waals surface area contributed by atoms with E-state index in [1.54, 1.807) is 0 Å². The Hall–Kier alpha value is -1.89. The van der Waals surface area contributed by atoms with Crippen LogP contribution in [-0.2, 0) is 20.7 Å². The number of imidazole rings is 1. The fraction of sp³-hybridized carbons (Fsp3) is 0.583. The predicted molar refractivity (Wildman–Crippen MR) is 67.6 cm³/mol. The molecule has 3 N–H and O–H groups in total. The topological polar surface area (TPSA) is 104 Å². The second-order valence-corrected chi connectivity index (χ2v) is 4.10. The summed E-state index contributed by atoms with van der Waals surface area (Å²) in [5, 5.41) is 11.5. The van der Waals surface area contributed by atoms with Crippen molar-refractivity contribution in [1.82, 2.24) is 15.3 Å². The number of ether oxygens (including phenoxy) is 1. The first kappa shape index (κ1) is 15.2. The van der Waals surface area contributed by atoms with Crippen LogP contribution in [0.25, 0.3) is 0 Å². The largest absolute Gasteiger partial charge is 0.480 e. The third kappa shape index (κ3) is 6.01. The average Bonchev–Trinajstić information content (AvgIpc) is 2.86. The van der Waals surface area contributed by atoms with Crippen molar-refractivity contribution in [2.24, 2.45) is 0 Å². The molecule has 0 aliphatic rings. The second kappa shape index (κ2) is 8.25. The summed E-state index contributed by atoms with van der Waals surface area (Å²) in [5.41, 5.74) is 0.662. The third-order valence-corrected chi connectivity index (χ3v) is 2.43. The first-order chi connectivity index (χ1) is 9.13. The van der Waals surface area contributed by atoms with Crippen LogP contribution in [0.1, 0.15) is 25.5 Å². The van der Waals surface area contributed by atoms with Gasteiger partial charge in [0.2, 0.25) is 5.91 Å². The van der Waals surface area contributed by atoms with Crippen LogP contribution in [0.15, 0.2) is 12.5 Å². The molecule has 1 atom stereocenters. The fourth-order valence-corrected chi connectivity index (χ4v) is 1.49. The quantitative estimate of drug-likeness (QED) is 0.561. The Labute approximate surface area is 111 Å². The van der Waals surface area contributed by atoms with Crippen LogP contribution in [0.5, 0.6) is 0 Å². The maximum absolute atomic E-state index is 11.6. The zero-order chi connectivity index (χ0) is 14.1. The minimum absolute atomic E-state index is 0.159. The Morgan fingerprint density at radius 3 is 2.89 bits per heavy atom. The molecular formula is C12H19N3O4. The molecule has 0 aromatic carbocycles. The highest BCUT2D eigenvalue weighted by Gasteiger charge is 2.20. The van der Waals surface area contributed by atoms with Gasteiger partial charge in [0.15, 0.2) is 0 Å². The van der Waals surface area contributed by atoms with E-state index in [1.807, 2.05) is 6.92 Å². The molecule has 1 aromatic heterocycles. The number of nitrogens with zero attached hydrogens (tertiary/aromatic N) is 1. The van der Waals surface area contributed by atoms with Crippen LogP contribution < -0.4 is 5.32 Å². The van der Waals surface area contributed by atoms with Crippen LogP contribution in [0, 0.1) is 0 Å². The number of H-pyrrole nitrogens is 1. The highest BCUT2D eigenvalue weighted by Crippen LogP contribution is 1.99. The maximum atomic E-state index is 11.6. The first-order valence-corrected chi connectivity index (χ1v) is 6.20. The normalized spacial score (nSPS) is 12.1. The van der Waals surface area contributed by atoms with Crippen molar-refractivity contribution in [3.05, 3.63) is 18.2 Å². The van der Waals surface area contributed by atoms with E-state index in [2.05, 4.69) is 15.3 Å². The van der Waals surface area contributed by atoms with Crippen molar-refractivity contribution in [2.45, 2.75) is 32.2 Å². The monoisotopic (exact) mass is 269 g/mol. The second-order valence-electron chi connectivity index (χ2n) is 4.10. The predicted octanol–water partition coefficient (Wildman–Crippen LogP) is 0.338. The van der Waals surface area contributed by atoms with Crippen LogP contribution in [0.2, 0.25) is 0 Å². The number of carboxylic acid groups (broad SMARTS) is 1. The van der Waals surface area contributed by atoms with Crippen molar-refractivity contribution in [3.8, 4) is 0 Å². The number of hydrogen-bond donors (Lipinski definition) is 3. The van der Waals surface area contributed by atoms with Crippen LogP contribution in [0.4, 0.5) is 0 Å². The molecule has 0 unspecified atom stereocenters. The fourth-order valence-electron chi connectivity index (χ4n) is 1.49. The Morgan fingerprint density at radius 1 is 1.53 bits per heavy atom. The van der Waals surface area contributed by atoms with Gasteiger partial charge in [-0.1, -0.05) is 6.92 Å². The summed E-state index contributed by atoms with van der Waals surface area (Å²) >= 11 is 0. The van der Waals surface area contributed by atoms with Gasteiger partial charge in [-0.25, -0.2) is 9.78 Å². The molecule has 1 aromatic rings. The van der Waals surface area contributed by atoms with Crippen LogP contribution >= 0.6 is 0 Å². The molecule has 0 aliphatic carbocycles. The van der Waals surface area contributed by atoms with E-state index in [0.717, 1.165) is 6.42 Å². The molecule has 0 saturated carbocycles. The molecule has 1 heterocycles. The summed E-state index contributed by atoms with van der Waals surface area (Å²) in [4.78, 5) is 29.2. The Bertz CT molecular complexity index is 392. The summed E-state index contributed by atoms with van der Waals surface area (Å²) < 4.78 is 5.18. The van der Waals surface area contributed by atoms with Gasteiger partial charge in [-0.05, 0) is 6.42 Å². The van der Waals surface area contributed by atoms with Crippen molar-refractivity contribution >= 4 is 11.9 Å². The smallest absolute Gasteiger partial charge is 0.326 e. The molecule has 0 spiro atoms. The molecule has 0 saturated heterocycles. The van der Waals surface area contributed by atoms with Gasteiger partial charge in [0.05, 0.1) is 12.9 Å². The summed E-state index contributed by atoms with van der Waals surface area (Å²) in [6, 6.07) is -0.959. The summed E-state index contributed by atoms with van der Waals surface area (Å²) in [7, 11) is 0. The van der Waals surface area contributed by atoms with E-state index in [-0.39, 0.29) is 18.7 Å². The Kier molecular flexibility index (Phi) is 6.59. The molecule has 0 bridgehead atoms. The summed E-state index contributed by atoms with van der Waals surface area (Å²) in [5.74, 6) is -1.40. The molecule has 1 rings (SSSR count). The lowest BCUT2D eigenvalue weighted by atomic mass is 10.1. The van der Waals surface area contributed by atoms with Gasteiger partial charge in [-0.3, -0.25) is 4.79 Å². The number of aliphatic carboxylic acids is 1.